The lowest BCUT2D eigenvalue weighted by Crippen LogP contribution is -2.42. The third kappa shape index (κ3) is 4.25. The second-order valence-electron chi connectivity index (χ2n) is 7.27. The third-order valence-electron chi connectivity index (χ3n) is 5.41. The molecule has 32 heavy (non-hydrogen) atoms. The van der Waals surface area contributed by atoms with E-state index in [4.69, 9.17) is 4.74 Å². The van der Waals surface area contributed by atoms with Crippen molar-refractivity contribution in [1.29, 1.82) is 5.26 Å². The van der Waals surface area contributed by atoms with E-state index in [-0.39, 0.29) is 17.6 Å². The number of nitrogens with zero attached hydrogens (tertiary/aromatic N) is 4. The highest BCUT2D eigenvalue weighted by atomic mass is 79.9. The van der Waals surface area contributed by atoms with Crippen LogP contribution in [-0.2, 0) is 14.3 Å². The summed E-state index contributed by atoms with van der Waals surface area (Å²) in [6, 6.07) is 13.1. The van der Waals surface area contributed by atoms with Crippen molar-refractivity contribution in [2.75, 3.05) is 18.9 Å². The zero-order chi connectivity index (χ0) is 22.7. The van der Waals surface area contributed by atoms with Crippen LogP contribution in [0.5, 0.6) is 0 Å². The molecular weight excluding hydrogens is 492 g/mol. The first-order valence-electron chi connectivity index (χ1n) is 10.3. The van der Waals surface area contributed by atoms with E-state index < -0.39 is 6.04 Å². The van der Waals surface area contributed by atoms with E-state index in [9.17, 15) is 14.9 Å². The number of thioether (sulfide) groups is 1. The predicted octanol–water partition coefficient (Wildman–Crippen LogP) is 4.31. The summed E-state index contributed by atoms with van der Waals surface area (Å²) in [6.07, 6.45) is 3.11. The standard InChI is InChI=1S/C23H21BrN4O3S/c1-2-31-22(30)19-8-5-11-27(19)21(29)14-32-23-26-13-20(24)28(23)18-10-9-15(12-25)16-6-3-4-7-17(16)18/h3-4,6-7,9-10,13,19H,2,5,8,11,14H2,1H3. The molecule has 0 saturated carbocycles. The molecule has 2 heterocycles. The molecule has 1 aliphatic rings. The van der Waals surface area contributed by atoms with Crippen molar-refractivity contribution in [3.8, 4) is 11.8 Å². The maximum Gasteiger partial charge on any atom is 0.328 e. The van der Waals surface area contributed by atoms with E-state index in [1.807, 2.05) is 34.9 Å². The van der Waals surface area contributed by atoms with E-state index >= 15 is 0 Å². The van der Waals surface area contributed by atoms with Crippen LogP contribution in [0.3, 0.4) is 0 Å². The molecule has 0 bridgehead atoms. The smallest absolute Gasteiger partial charge is 0.328 e. The fourth-order valence-electron chi connectivity index (χ4n) is 3.97. The number of carbonyl (C=O) groups is 2. The molecule has 7 nitrogen and oxygen atoms in total. The van der Waals surface area contributed by atoms with Crippen LogP contribution >= 0.6 is 27.7 Å². The van der Waals surface area contributed by atoms with Crippen LogP contribution in [-0.4, -0.2) is 51.3 Å². The molecule has 1 aromatic heterocycles. The molecular formula is C23H21BrN4O3S. The van der Waals surface area contributed by atoms with Crippen molar-refractivity contribution >= 4 is 50.3 Å². The highest BCUT2D eigenvalue weighted by Crippen LogP contribution is 2.32. The maximum absolute atomic E-state index is 12.9. The largest absolute Gasteiger partial charge is 0.464 e. The van der Waals surface area contributed by atoms with Crippen molar-refractivity contribution in [2.45, 2.75) is 31.0 Å². The van der Waals surface area contributed by atoms with E-state index in [1.165, 1.54) is 11.8 Å². The van der Waals surface area contributed by atoms with Crippen LogP contribution in [0.2, 0.25) is 0 Å². The Labute approximate surface area is 198 Å². The van der Waals surface area contributed by atoms with Gasteiger partial charge in [0.25, 0.3) is 0 Å². The van der Waals surface area contributed by atoms with Crippen LogP contribution in [0.1, 0.15) is 25.3 Å². The monoisotopic (exact) mass is 512 g/mol. The highest BCUT2D eigenvalue weighted by Gasteiger charge is 2.35. The Balaban J connectivity index is 1.59. The second-order valence-corrected chi connectivity index (χ2v) is 9.03. The maximum atomic E-state index is 12.9. The number of benzene rings is 2. The van der Waals surface area contributed by atoms with Crippen molar-refractivity contribution < 1.29 is 14.3 Å². The third-order valence-corrected chi connectivity index (χ3v) is 6.90. The summed E-state index contributed by atoms with van der Waals surface area (Å²) in [4.78, 5) is 31.2. The minimum absolute atomic E-state index is 0.110. The molecule has 1 unspecified atom stereocenters. The number of fused-ring (bicyclic) bond motifs is 1. The van der Waals surface area contributed by atoms with Crippen LogP contribution in [0.15, 0.2) is 52.4 Å². The molecule has 164 valence electrons. The number of amides is 1. The van der Waals surface area contributed by atoms with Gasteiger partial charge in [0.1, 0.15) is 10.6 Å². The number of esters is 1. The summed E-state index contributed by atoms with van der Waals surface area (Å²) in [5.74, 6) is -0.286. The fraction of sp³-hybridized carbons (Fsp3) is 0.304. The average Bonchev–Trinajstić information content (AvgIpc) is 3.44. The highest BCUT2D eigenvalue weighted by molar-refractivity contribution is 9.10. The van der Waals surface area contributed by atoms with Gasteiger partial charge >= 0.3 is 5.97 Å². The molecule has 0 spiro atoms. The topological polar surface area (TPSA) is 88.2 Å². The van der Waals surface area contributed by atoms with Crippen molar-refractivity contribution in [1.82, 2.24) is 14.5 Å². The van der Waals surface area contributed by atoms with Gasteiger partial charge in [-0.05, 0) is 47.8 Å². The number of imidazole rings is 1. The second kappa shape index (κ2) is 9.76. The summed E-state index contributed by atoms with van der Waals surface area (Å²) in [5.41, 5.74) is 1.47. The van der Waals surface area contributed by atoms with E-state index in [0.717, 1.165) is 27.5 Å². The van der Waals surface area contributed by atoms with Crippen LogP contribution in [0.25, 0.3) is 16.5 Å². The molecule has 0 aliphatic carbocycles. The Morgan fingerprint density at radius 3 is 2.81 bits per heavy atom. The minimum Gasteiger partial charge on any atom is -0.464 e. The molecule has 3 aromatic rings. The number of hydrogen-bond donors (Lipinski definition) is 0. The Morgan fingerprint density at radius 1 is 1.28 bits per heavy atom. The number of likely N-dealkylation sites (tertiary alicyclic amines) is 1. The van der Waals surface area contributed by atoms with Gasteiger partial charge in [0.2, 0.25) is 5.91 Å². The molecule has 2 aromatic carbocycles. The number of aromatic nitrogens is 2. The van der Waals surface area contributed by atoms with Gasteiger partial charge in [-0.2, -0.15) is 5.26 Å². The Bertz CT molecular complexity index is 1220. The van der Waals surface area contributed by atoms with Gasteiger partial charge in [-0.3, -0.25) is 9.36 Å². The number of ether oxygens (including phenoxy) is 1. The van der Waals surface area contributed by atoms with Crippen LogP contribution in [0.4, 0.5) is 0 Å². The lowest BCUT2D eigenvalue weighted by molar-refractivity contribution is -0.152. The van der Waals surface area contributed by atoms with Gasteiger partial charge in [-0.1, -0.05) is 36.0 Å². The fourth-order valence-corrected chi connectivity index (χ4v) is 5.42. The summed E-state index contributed by atoms with van der Waals surface area (Å²) in [6.45, 7) is 2.62. The van der Waals surface area contributed by atoms with Crippen molar-refractivity contribution in [3.63, 3.8) is 0 Å². The van der Waals surface area contributed by atoms with Gasteiger partial charge in [0.15, 0.2) is 5.16 Å². The molecule has 1 fully saturated rings. The summed E-state index contributed by atoms with van der Waals surface area (Å²) in [5, 5.41) is 11.9. The first-order chi connectivity index (χ1) is 15.5. The molecule has 4 rings (SSSR count). The SMILES string of the molecule is CCOC(=O)C1CCCN1C(=O)CSc1ncc(Br)n1-c1ccc(C#N)c2ccccc12. The minimum atomic E-state index is -0.503. The zero-order valence-electron chi connectivity index (χ0n) is 17.5. The molecule has 0 radical (unpaired) electrons. The first-order valence-corrected chi connectivity index (χ1v) is 12.1. The first kappa shape index (κ1) is 22.4. The quantitative estimate of drug-likeness (QED) is 0.361. The van der Waals surface area contributed by atoms with Crippen molar-refractivity contribution in [2.24, 2.45) is 0 Å². The van der Waals surface area contributed by atoms with Crippen molar-refractivity contribution in [3.05, 3.63) is 52.8 Å². The van der Waals surface area contributed by atoms with Gasteiger partial charge in [-0.25, -0.2) is 9.78 Å². The number of hydrogen-bond acceptors (Lipinski definition) is 6. The summed E-state index contributed by atoms with van der Waals surface area (Å²) in [7, 11) is 0. The number of halogens is 1. The number of nitriles is 1. The van der Waals surface area contributed by atoms with E-state index in [1.54, 1.807) is 24.1 Å². The lowest BCUT2D eigenvalue weighted by atomic mass is 10.0. The van der Waals surface area contributed by atoms with Gasteiger partial charge in [-0.15, -0.1) is 0 Å². The molecule has 1 aliphatic heterocycles. The zero-order valence-corrected chi connectivity index (χ0v) is 19.9. The van der Waals surface area contributed by atoms with Gasteiger partial charge in [0, 0.05) is 17.3 Å². The number of carbonyl (C=O) groups excluding carboxylic acids is 2. The van der Waals surface area contributed by atoms with Crippen LogP contribution < -0.4 is 0 Å². The van der Waals surface area contributed by atoms with Crippen LogP contribution in [0, 0.1) is 11.3 Å². The number of rotatable bonds is 6. The van der Waals surface area contributed by atoms with Gasteiger partial charge < -0.3 is 9.64 Å². The normalized spacial score (nSPS) is 15.7. The van der Waals surface area contributed by atoms with E-state index in [2.05, 4.69) is 27.0 Å². The lowest BCUT2D eigenvalue weighted by Gasteiger charge is -2.23. The summed E-state index contributed by atoms with van der Waals surface area (Å²) >= 11 is 4.88. The Kier molecular flexibility index (Phi) is 6.82. The van der Waals surface area contributed by atoms with E-state index in [0.29, 0.717) is 30.3 Å². The predicted molar refractivity (Wildman–Crippen MR) is 126 cm³/mol. The van der Waals surface area contributed by atoms with Gasteiger partial charge in [0.05, 0.1) is 35.9 Å². The molecule has 9 heteroatoms. The Morgan fingerprint density at radius 2 is 2.06 bits per heavy atom. The molecule has 1 atom stereocenters. The molecule has 1 amide bonds. The molecule has 0 N–H and O–H groups in total. The summed E-state index contributed by atoms with van der Waals surface area (Å²) < 4.78 is 7.79. The average molecular weight is 513 g/mol. The molecule has 1 saturated heterocycles. The Hall–Kier alpha value is -2.83.